The van der Waals surface area contributed by atoms with Crippen molar-refractivity contribution in [1.82, 2.24) is 5.32 Å². The molecule has 1 aromatic rings. The summed E-state index contributed by atoms with van der Waals surface area (Å²) in [7, 11) is -0.798. The molecule has 1 aliphatic heterocycles. The molecule has 2 nitrogen and oxygen atoms in total. The predicted molar refractivity (Wildman–Crippen MR) is 68.2 cm³/mol. The molecule has 0 saturated heterocycles. The first-order valence-corrected chi connectivity index (χ1v) is 7.18. The summed E-state index contributed by atoms with van der Waals surface area (Å²) in [6.07, 6.45) is 0.982. The third-order valence-electron chi connectivity index (χ3n) is 3.29. The Kier molecular flexibility index (Phi) is 3.45. The van der Waals surface area contributed by atoms with Gasteiger partial charge in [-0.2, -0.15) is 0 Å². The summed E-state index contributed by atoms with van der Waals surface area (Å²) < 4.78 is 12.0. The van der Waals surface area contributed by atoms with Crippen molar-refractivity contribution in [3.8, 4) is 0 Å². The Labute approximate surface area is 99.9 Å². The first kappa shape index (κ1) is 11.8. The van der Waals surface area contributed by atoms with Gasteiger partial charge in [-0.3, -0.25) is 4.21 Å². The number of fused-ring (bicyclic) bond motifs is 1. The zero-order valence-corrected chi connectivity index (χ0v) is 11.0. The van der Waals surface area contributed by atoms with Gasteiger partial charge in [0.1, 0.15) is 0 Å². The van der Waals surface area contributed by atoms with Crippen LogP contribution in [-0.2, 0) is 10.8 Å². The third kappa shape index (κ3) is 2.06. The Bertz CT molecular complexity index is 428. The number of aryl methyl sites for hydroxylation is 2. The fraction of sp³-hybridized carbons (Fsp3) is 0.538. The molecule has 0 aliphatic carbocycles. The van der Waals surface area contributed by atoms with Crippen molar-refractivity contribution in [3.63, 3.8) is 0 Å². The van der Waals surface area contributed by atoms with Crippen molar-refractivity contribution in [1.29, 1.82) is 0 Å². The van der Waals surface area contributed by atoms with E-state index < -0.39 is 10.8 Å². The average Bonchev–Trinajstić information content (AvgIpc) is 2.25. The molecule has 2 unspecified atom stereocenters. The topological polar surface area (TPSA) is 29.1 Å². The van der Waals surface area contributed by atoms with Crippen LogP contribution in [-0.4, -0.2) is 16.5 Å². The molecular formula is C13H19NOS. The molecule has 88 valence electrons. The van der Waals surface area contributed by atoms with E-state index in [1.165, 1.54) is 16.7 Å². The van der Waals surface area contributed by atoms with E-state index in [0.717, 1.165) is 23.6 Å². The standard InChI is InChI=1S/C13H19NOS/c1-4-14-12-5-6-16(15)13-8-10(3)9(2)7-11(12)13/h7-8,12,14H,4-6H2,1-3H3. The van der Waals surface area contributed by atoms with Gasteiger partial charge in [-0.05, 0) is 49.6 Å². The number of nitrogens with one attached hydrogen (secondary N) is 1. The molecule has 1 heterocycles. The van der Waals surface area contributed by atoms with Gasteiger partial charge in [-0.1, -0.05) is 13.0 Å². The second-order valence-electron chi connectivity index (χ2n) is 4.42. The van der Waals surface area contributed by atoms with Crippen molar-refractivity contribution >= 4 is 10.8 Å². The smallest absolute Gasteiger partial charge is 0.0533 e. The highest BCUT2D eigenvalue weighted by atomic mass is 32.2. The Morgan fingerprint density at radius 1 is 1.38 bits per heavy atom. The van der Waals surface area contributed by atoms with Crippen molar-refractivity contribution < 1.29 is 4.21 Å². The fourth-order valence-electron chi connectivity index (χ4n) is 2.23. The minimum Gasteiger partial charge on any atom is -0.310 e. The minimum atomic E-state index is -0.798. The van der Waals surface area contributed by atoms with E-state index in [9.17, 15) is 4.21 Å². The Morgan fingerprint density at radius 3 is 2.75 bits per heavy atom. The zero-order valence-electron chi connectivity index (χ0n) is 10.2. The van der Waals surface area contributed by atoms with Crippen LogP contribution >= 0.6 is 0 Å². The van der Waals surface area contributed by atoms with E-state index in [1.807, 2.05) is 0 Å². The van der Waals surface area contributed by atoms with Gasteiger partial charge in [-0.25, -0.2) is 0 Å². The molecule has 0 fully saturated rings. The van der Waals surface area contributed by atoms with E-state index >= 15 is 0 Å². The molecule has 3 heteroatoms. The van der Waals surface area contributed by atoms with Crippen molar-refractivity contribution in [2.45, 2.75) is 38.1 Å². The normalized spacial score (nSPS) is 24.2. The van der Waals surface area contributed by atoms with Gasteiger partial charge in [0.15, 0.2) is 0 Å². The van der Waals surface area contributed by atoms with E-state index in [-0.39, 0.29) is 0 Å². The minimum absolute atomic E-state index is 0.386. The number of hydrogen-bond donors (Lipinski definition) is 1. The van der Waals surface area contributed by atoms with Crippen LogP contribution in [0.3, 0.4) is 0 Å². The van der Waals surface area contributed by atoms with Crippen molar-refractivity contribution in [2.24, 2.45) is 0 Å². The van der Waals surface area contributed by atoms with Crippen molar-refractivity contribution in [2.75, 3.05) is 12.3 Å². The SMILES string of the molecule is CCNC1CCS(=O)c2cc(C)c(C)cc21. The van der Waals surface area contributed by atoms with Crippen LogP contribution in [0, 0.1) is 13.8 Å². The maximum absolute atomic E-state index is 12.0. The summed E-state index contributed by atoms with van der Waals surface area (Å²) in [6.45, 7) is 7.29. The van der Waals surface area contributed by atoms with Crippen LogP contribution in [0.15, 0.2) is 17.0 Å². The van der Waals surface area contributed by atoms with E-state index in [1.54, 1.807) is 0 Å². The third-order valence-corrected chi connectivity index (χ3v) is 4.74. The van der Waals surface area contributed by atoms with Crippen LogP contribution in [0.25, 0.3) is 0 Å². The first-order valence-electron chi connectivity index (χ1n) is 5.86. The fourth-order valence-corrected chi connectivity index (χ4v) is 3.67. The van der Waals surface area contributed by atoms with Gasteiger partial charge in [0.05, 0.1) is 10.8 Å². The molecule has 2 rings (SSSR count). The summed E-state index contributed by atoms with van der Waals surface area (Å²) in [5.41, 5.74) is 3.78. The lowest BCUT2D eigenvalue weighted by Gasteiger charge is -2.26. The summed E-state index contributed by atoms with van der Waals surface area (Å²) >= 11 is 0. The largest absolute Gasteiger partial charge is 0.310 e. The van der Waals surface area contributed by atoms with E-state index in [2.05, 4.69) is 38.2 Å². The molecule has 0 spiro atoms. The zero-order chi connectivity index (χ0) is 11.7. The average molecular weight is 237 g/mol. The summed E-state index contributed by atoms with van der Waals surface area (Å²) in [6, 6.07) is 4.69. The molecular weight excluding hydrogens is 218 g/mol. The van der Waals surface area contributed by atoms with Crippen molar-refractivity contribution in [3.05, 3.63) is 28.8 Å². The number of hydrogen-bond acceptors (Lipinski definition) is 2. The van der Waals surface area contributed by atoms with Crippen LogP contribution in [0.2, 0.25) is 0 Å². The van der Waals surface area contributed by atoms with Crippen LogP contribution < -0.4 is 5.32 Å². The van der Waals surface area contributed by atoms with Crippen LogP contribution in [0.5, 0.6) is 0 Å². The van der Waals surface area contributed by atoms with Crippen LogP contribution in [0.4, 0.5) is 0 Å². The molecule has 2 atom stereocenters. The number of rotatable bonds is 2. The maximum atomic E-state index is 12.0. The second-order valence-corrected chi connectivity index (χ2v) is 5.96. The van der Waals surface area contributed by atoms with Crippen LogP contribution in [0.1, 0.15) is 36.1 Å². The first-order chi connectivity index (χ1) is 7.63. The molecule has 0 saturated carbocycles. The van der Waals surface area contributed by atoms with E-state index in [4.69, 9.17) is 0 Å². The molecule has 0 bridgehead atoms. The Morgan fingerprint density at radius 2 is 2.06 bits per heavy atom. The van der Waals surface area contributed by atoms with E-state index in [0.29, 0.717) is 6.04 Å². The maximum Gasteiger partial charge on any atom is 0.0533 e. The highest BCUT2D eigenvalue weighted by molar-refractivity contribution is 7.85. The molecule has 1 N–H and O–H groups in total. The predicted octanol–water partition coefficient (Wildman–Crippen LogP) is 2.47. The molecule has 1 aromatic carbocycles. The van der Waals surface area contributed by atoms with Gasteiger partial charge < -0.3 is 5.32 Å². The molecule has 0 radical (unpaired) electrons. The lowest BCUT2D eigenvalue weighted by molar-refractivity contribution is 0.520. The summed E-state index contributed by atoms with van der Waals surface area (Å²) in [4.78, 5) is 1.04. The molecule has 1 aliphatic rings. The monoisotopic (exact) mass is 237 g/mol. The highest BCUT2D eigenvalue weighted by Crippen LogP contribution is 2.31. The van der Waals surface area contributed by atoms with Gasteiger partial charge in [-0.15, -0.1) is 0 Å². The Hall–Kier alpha value is -0.670. The molecule has 16 heavy (non-hydrogen) atoms. The Balaban J connectivity index is 2.48. The lowest BCUT2D eigenvalue weighted by Crippen LogP contribution is -2.27. The summed E-state index contributed by atoms with van der Waals surface area (Å²) in [5.74, 6) is 0.785. The highest BCUT2D eigenvalue weighted by Gasteiger charge is 2.24. The molecule has 0 amide bonds. The van der Waals surface area contributed by atoms with Gasteiger partial charge in [0, 0.05) is 16.7 Å². The quantitative estimate of drug-likeness (QED) is 0.856. The second kappa shape index (κ2) is 4.68. The molecule has 0 aromatic heterocycles. The summed E-state index contributed by atoms with van der Waals surface area (Å²) in [5, 5.41) is 3.47. The number of benzene rings is 1. The van der Waals surface area contributed by atoms with Gasteiger partial charge in [0.25, 0.3) is 0 Å². The van der Waals surface area contributed by atoms with Gasteiger partial charge in [0.2, 0.25) is 0 Å². The lowest BCUT2D eigenvalue weighted by atomic mass is 9.99. The van der Waals surface area contributed by atoms with Gasteiger partial charge >= 0.3 is 0 Å².